The fraction of sp³-hybridized carbons (Fsp3) is 0.333. The molecule has 0 amide bonds. The summed E-state index contributed by atoms with van der Waals surface area (Å²) >= 11 is 0. The minimum atomic E-state index is -3.99. The Balaban J connectivity index is 0.000000775. The molecule has 0 saturated heterocycles. The van der Waals surface area contributed by atoms with Crippen LogP contribution in [0.25, 0.3) is 0 Å². The van der Waals surface area contributed by atoms with E-state index in [2.05, 4.69) is 0 Å². The molecule has 1 heterocycles. The van der Waals surface area contributed by atoms with E-state index in [0.29, 0.717) is 12.8 Å². The minimum absolute atomic E-state index is 0. The monoisotopic (exact) mass is 332 g/mol. The zero-order chi connectivity index (χ0) is 15.5. The first kappa shape index (κ1) is 19.7. The molecular formula is C15H18NaO5P. The molecule has 22 heavy (non-hydrogen) atoms. The van der Waals surface area contributed by atoms with Crippen molar-refractivity contribution < 1.29 is 53.6 Å². The van der Waals surface area contributed by atoms with Crippen LogP contribution in [-0.4, -0.2) is 23.0 Å². The molecule has 7 heteroatoms. The Bertz CT molecular complexity index is 604. The van der Waals surface area contributed by atoms with E-state index in [1.165, 1.54) is 12.3 Å². The summed E-state index contributed by atoms with van der Waals surface area (Å²) in [6.45, 7) is 0. The predicted molar refractivity (Wildman–Crippen MR) is 77.1 cm³/mol. The summed E-state index contributed by atoms with van der Waals surface area (Å²) in [5, 5.41) is 17.0. The van der Waals surface area contributed by atoms with Crippen LogP contribution in [0.5, 0.6) is 0 Å². The van der Waals surface area contributed by atoms with Gasteiger partial charge in [0.1, 0.15) is 5.76 Å². The first-order valence-electron chi connectivity index (χ1n) is 6.62. The van der Waals surface area contributed by atoms with E-state index in [1.54, 1.807) is 6.07 Å². The summed E-state index contributed by atoms with van der Waals surface area (Å²) in [5.74, 6) is -1.46. The van der Waals surface area contributed by atoms with E-state index in [-0.39, 0.29) is 35.3 Å². The molecule has 2 unspecified atom stereocenters. The predicted octanol–water partition coefficient (Wildman–Crippen LogP) is -1.31. The van der Waals surface area contributed by atoms with Gasteiger partial charge in [-0.1, -0.05) is 24.3 Å². The summed E-state index contributed by atoms with van der Waals surface area (Å²) in [6, 6.07) is 10.7. The molecule has 114 valence electrons. The molecule has 3 rings (SSSR count). The van der Waals surface area contributed by atoms with Gasteiger partial charge in [-0.05, 0) is 36.1 Å². The smallest absolute Gasteiger partial charge is 0.797 e. The SMILES string of the molecule is CO.O=P([O-])(C1Cc2ccccc2C1)C(O)c1ccco1.[Na+]. The maximum Gasteiger partial charge on any atom is 1.00 e. The van der Waals surface area contributed by atoms with Gasteiger partial charge in [0.25, 0.3) is 0 Å². The molecule has 0 radical (unpaired) electrons. The van der Waals surface area contributed by atoms with Crippen LogP contribution in [0.4, 0.5) is 0 Å². The largest absolute Gasteiger partial charge is 1.00 e. The zero-order valence-corrected chi connectivity index (χ0v) is 15.6. The van der Waals surface area contributed by atoms with Gasteiger partial charge in [-0.2, -0.15) is 0 Å². The molecule has 2 N–H and O–H groups in total. The van der Waals surface area contributed by atoms with Crippen molar-refractivity contribution in [2.24, 2.45) is 0 Å². The summed E-state index contributed by atoms with van der Waals surface area (Å²) in [5.41, 5.74) is 1.55. The van der Waals surface area contributed by atoms with Crippen molar-refractivity contribution >= 4 is 7.37 Å². The molecule has 0 bridgehead atoms. The summed E-state index contributed by atoms with van der Waals surface area (Å²) in [4.78, 5) is 12.4. The van der Waals surface area contributed by atoms with E-state index in [4.69, 9.17) is 9.52 Å². The van der Waals surface area contributed by atoms with Crippen molar-refractivity contribution in [2.45, 2.75) is 24.3 Å². The van der Waals surface area contributed by atoms with E-state index >= 15 is 0 Å². The Morgan fingerprint density at radius 2 is 1.73 bits per heavy atom. The molecule has 0 saturated carbocycles. The Kier molecular flexibility index (Phi) is 7.56. The van der Waals surface area contributed by atoms with Crippen LogP contribution in [0.1, 0.15) is 22.7 Å². The molecule has 5 nitrogen and oxygen atoms in total. The van der Waals surface area contributed by atoms with Crippen molar-refractivity contribution in [3.05, 3.63) is 59.5 Å². The molecule has 1 aliphatic carbocycles. The van der Waals surface area contributed by atoms with Gasteiger partial charge in [0.2, 0.25) is 0 Å². The Labute approximate surface area is 151 Å². The molecule has 1 aliphatic rings. The quantitative estimate of drug-likeness (QED) is 0.538. The van der Waals surface area contributed by atoms with Gasteiger partial charge >= 0.3 is 29.6 Å². The number of rotatable bonds is 3. The van der Waals surface area contributed by atoms with E-state index in [0.717, 1.165) is 18.2 Å². The van der Waals surface area contributed by atoms with Crippen molar-refractivity contribution in [2.75, 3.05) is 7.11 Å². The third-order valence-corrected chi connectivity index (χ3v) is 6.00. The van der Waals surface area contributed by atoms with E-state index in [1.807, 2.05) is 24.3 Å². The molecular weight excluding hydrogens is 314 g/mol. The number of fused-ring (bicyclic) bond motifs is 1. The summed E-state index contributed by atoms with van der Waals surface area (Å²) in [6.07, 6.45) is 2.30. The molecule has 0 aliphatic heterocycles. The minimum Gasteiger partial charge on any atom is -0.797 e. The normalized spacial score (nSPS) is 17.5. The molecule has 1 aromatic carbocycles. The second-order valence-corrected chi connectivity index (χ2v) is 7.38. The number of hydrogen-bond donors (Lipinski definition) is 2. The van der Waals surface area contributed by atoms with Gasteiger partial charge in [-0.15, -0.1) is 0 Å². The summed E-state index contributed by atoms with van der Waals surface area (Å²) in [7, 11) is -2.99. The second-order valence-electron chi connectivity index (χ2n) is 4.87. The Morgan fingerprint density at radius 3 is 2.18 bits per heavy atom. The number of hydrogen-bond acceptors (Lipinski definition) is 5. The third-order valence-electron chi connectivity index (χ3n) is 3.68. The van der Waals surface area contributed by atoms with Gasteiger partial charge < -0.3 is 24.1 Å². The van der Waals surface area contributed by atoms with E-state index in [9.17, 15) is 14.6 Å². The van der Waals surface area contributed by atoms with Crippen molar-refractivity contribution in [3.8, 4) is 0 Å². The standard InChI is InChI=1S/C14H15O4P.CH4O.Na/c15-14(13-6-3-7-18-13)19(16,17)12-8-10-4-1-2-5-11(10)9-12;1-2;/h1-7,12,14-15H,8-9H2,(H,16,17);2H,1H3;/q;;+1/p-1. The average Bonchev–Trinajstić information content (AvgIpc) is 3.17. The fourth-order valence-electron chi connectivity index (χ4n) is 2.61. The van der Waals surface area contributed by atoms with Crippen LogP contribution >= 0.6 is 7.37 Å². The van der Waals surface area contributed by atoms with Crippen LogP contribution in [0.15, 0.2) is 47.1 Å². The van der Waals surface area contributed by atoms with Crippen LogP contribution in [0, 0.1) is 0 Å². The third kappa shape index (κ3) is 3.92. The van der Waals surface area contributed by atoms with Crippen molar-refractivity contribution in [1.82, 2.24) is 0 Å². The first-order valence-corrected chi connectivity index (χ1v) is 8.38. The second kappa shape index (κ2) is 8.46. The van der Waals surface area contributed by atoms with Crippen LogP contribution in [-0.2, 0) is 17.4 Å². The number of aliphatic hydroxyl groups excluding tert-OH is 2. The number of benzene rings is 1. The van der Waals surface area contributed by atoms with Crippen LogP contribution in [0.2, 0.25) is 0 Å². The molecule has 0 fully saturated rings. The molecule has 0 spiro atoms. The van der Waals surface area contributed by atoms with Crippen molar-refractivity contribution in [3.63, 3.8) is 0 Å². The fourth-order valence-corrected chi connectivity index (χ4v) is 4.41. The van der Waals surface area contributed by atoms with Gasteiger partial charge in [-0.3, -0.25) is 0 Å². The molecule has 1 aromatic heterocycles. The van der Waals surface area contributed by atoms with Gasteiger partial charge in [-0.25, -0.2) is 0 Å². The maximum atomic E-state index is 12.4. The maximum absolute atomic E-state index is 12.4. The summed E-state index contributed by atoms with van der Waals surface area (Å²) < 4.78 is 17.4. The van der Waals surface area contributed by atoms with Crippen LogP contribution < -0.4 is 34.5 Å². The zero-order valence-electron chi connectivity index (χ0n) is 12.7. The van der Waals surface area contributed by atoms with Gasteiger partial charge in [0, 0.05) is 12.8 Å². The number of furan rings is 1. The van der Waals surface area contributed by atoms with E-state index < -0.39 is 18.9 Å². The molecule has 2 atom stereocenters. The molecule has 2 aromatic rings. The Morgan fingerprint density at radius 1 is 1.18 bits per heavy atom. The van der Waals surface area contributed by atoms with Gasteiger partial charge in [0.15, 0.2) is 5.85 Å². The van der Waals surface area contributed by atoms with Gasteiger partial charge in [0.05, 0.1) is 13.6 Å². The average molecular weight is 332 g/mol. The van der Waals surface area contributed by atoms with Crippen LogP contribution in [0.3, 0.4) is 0 Å². The first-order chi connectivity index (χ1) is 10.1. The topological polar surface area (TPSA) is 93.7 Å². The van der Waals surface area contributed by atoms with Crippen molar-refractivity contribution in [1.29, 1.82) is 0 Å². The number of aliphatic hydroxyl groups is 2. The Hall–Kier alpha value is -0.390.